The molecule has 7 nitrogen and oxygen atoms in total. The van der Waals surface area contributed by atoms with E-state index in [2.05, 4.69) is 0 Å². The summed E-state index contributed by atoms with van der Waals surface area (Å²) in [6, 6.07) is 4.29. The SMILES string of the molecule is Nc1cccc(C(=O)N2CCS(=O)CC2)c1[N+](=O)[O-]. The summed E-state index contributed by atoms with van der Waals surface area (Å²) in [6.07, 6.45) is 0. The van der Waals surface area contributed by atoms with Gasteiger partial charge >= 0.3 is 5.69 Å². The van der Waals surface area contributed by atoms with Gasteiger partial charge in [-0.25, -0.2) is 0 Å². The van der Waals surface area contributed by atoms with Gasteiger partial charge in [-0.05, 0) is 12.1 Å². The summed E-state index contributed by atoms with van der Waals surface area (Å²) < 4.78 is 11.2. The lowest BCUT2D eigenvalue weighted by Crippen LogP contribution is -2.42. The normalized spacial score (nSPS) is 16.3. The number of hydrogen-bond acceptors (Lipinski definition) is 5. The van der Waals surface area contributed by atoms with Gasteiger partial charge in [0, 0.05) is 35.4 Å². The minimum Gasteiger partial charge on any atom is -0.393 e. The maximum atomic E-state index is 12.3. The van der Waals surface area contributed by atoms with Crippen molar-refractivity contribution in [3.05, 3.63) is 33.9 Å². The third-order valence-corrected chi connectivity index (χ3v) is 4.22. The molecule has 0 unspecified atom stereocenters. The minimum absolute atomic E-state index is 0.0160. The lowest BCUT2D eigenvalue weighted by molar-refractivity contribution is -0.384. The Morgan fingerprint density at radius 3 is 2.58 bits per heavy atom. The number of anilines is 1. The Morgan fingerprint density at radius 1 is 1.37 bits per heavy atom. The molecule has 2 N–H and O–H groups in total. The molecule has 1 aliphatic heterocycles. The van der Waals surface area contributed by atoms with E-state index >= 15 is 0 Å². The van der Waals surface area contributed by atoms with Crippen LogP contribution in [-0.2, 0) is 10.8 Å². The first-order chi connectivity index (χ1) is 9.00. The maximum absolute atomic E-state index is 12.3. The van der Waals surface area contributed by atoms with Crippen molar-refractivity contribution in [2.45, 2.75) is 0 Å². The van der Waals surface area contributed by atoms with Crippen LogP contribution >= 0.6 is 0 Å². The van der Waals surface area contributed by atoms with E-state index < -0.39 is 21.6 Å². The number of nitrogen functional groups attached to an aromatic ring is 1. The predicted molar refractivity (Wildman–Crippen MR) is 71.3 cm³/mol. The molecule has 0 radical (unpaired) electrons. The molecule has 0 atom stereocenters. The number of benzene rings is 1. The van der Waals surface area contributed by atoms with Gasteiger partial charge in [0.2, 0.25) is 0 Å². The highest BCUT2D eigenvalue weighted by molar-refractivity contribution is 7.85. The number of carbonyl (C=O) groups excluding carboxylic acids is 1. The molecule has 0 aromatic heterocycles. The zero-order chi connectivity index (χ0) is 14.0. The second-order valence-electron chi connectivity index (χ2n) is 4.14. The van der Waals surface area contributed by atoms with Gasteiger partial charge in [-0.1, -0.05) is 6.07 Å². The molecule has 1 amide bonds. The fourth-order valence-corrected chi connectivity index (χ4v) is 3.00. The van der Waals surface area contributed by atoms with Crippen molar-refractivity contribution in [3.8, 4) is 0 Å². The van der Waals surface area contributed by atoms with Gasteiger partial charge in [-0.15, -0.1) is 0 Å². The molecule has 1 aromatic carbocycles. The van der Waals surface area contributed by atoms with Crippen LogP contribution in [0.25, 0.3) is 0 Å². The molecule has 1 aromatic rings. The van der Waals surface area contributed by atoms with E-state index in [0.717, 1.165) is 0 Å². The van der Waals surface area contributed by atoms with Crippen LogP contribution < -0.4 is 5.73 Å². The van der Waals surface area contributed by atoms with Crippen molar-refractivity contribution >= 4 is 28.1 Å². The number of hydrogen-bond donors (Lipinski definition) is 1. The molecule has 0 saturated carbocycles. The number of amides is 1. The molecule has 1 heterocycles. The minimum atomic E-state index is -0.905. The molecule has 19 heavy (non-hydrogen) atoms. The van der Waals surface area contributed by atoms with Gasteiger partial charge < -0.3 is 10.6 Å². The number of carbonyl (C=O) groups is 1. The Labute approximate surface area is 112 Å². The van der Waals surface area contributed by atoms with Crippen molar-refractivity contribution in [3.63, 3.8) is 0 Å². The fourth-order valence-electron chi connectivity index (χ4n) is 1.95. The zero-order valence-electron chi connectivity index (χ0n) is 10.1. The molecule has 102 valence electrons. The second-order valence-corrected chi connectivity index (χ2v) is 5.84. The van der Waals surface area contributed by atoms with Crippen molar-refractivity contribution in [1.82, 2.24) is 4.90 Å². The Morgan fingerprint density at radius 2 is 2.00 bits per heavy atom. The summed E-state index contributed by atoms with van der Waals surface area (Å²) in [6.45, 7) is 0.689. The van der Waals surface area contributed by atoms with Gasteiger partial charge in [-0.3, -0.25) is 19.1 Å². The van der Waals surface area contributed by atoms with Gasteiger partial charge in [0.25, 0.3) is 5.91 Å². The van der Waals surface area contributed by atoms with Crippen molar-refractivity contribution in [1.29, 1.82) is 0 Å². The summed E-state index contributed by atoms with van der Waals surface area (Å²) >= 11 is 0. The van der Waals surface area contributed by atoms with Crippen LogP contribution in [-0.4, -0.2) is 44.5 Å². The lowest BCUT2D eigenvalue weighted by atomic mass is 10.1. The first-order valence-corrected chi connectivity index (χ1v) is 7.16. The van der Waals surface area contributed by atoms with E-state index in [9.17, 15) is 19.1 Å². The Hall–Kier alpha value is -1.96. The van der Waals surface area contributed by atoms with E-state index in [-0.39, 0.29) is 16.9 Å². The second kappa shape index (κ2) is 5.35. The number of rotatable bonds is 2. The number of nitro benzene ring substituents is 1. The molecule has 1 aliphatic rings. The van der Waals surface area contributed by atoms with Gasteiger partial charge in [-0.2, -0.15) is 0 Å². The first kappa shape index (κ1) is 13.5. The highest BCUT2D eigenvalue weighted by Gasteiger charge is 2.28. The molecular formula is C11H13N3O4S. The van der Waals surface area contributed by atoms with Crippen LogP contribution in [0.3, 0.4) is 0 Å². The Kier molecular flexibility index (Phi) is 3.79. The van der Waals surface area contributed by atoms with Gasteiger partial charge in [0.05, 0.1) is 4.92 Å². The third kappa shape index (κ3) is 2.73. The molecule has 2 rings (SSSR count). The largest absolute Gasteiger partial charge is 0.393 e. The molecule has 0 aliphatic carbocycles. The van der Waals surface area contributed by atoms with Crippen molar-refractivity contribution in [2.24, 2.45) is 0 Å². The Balaban J connectivity index is 2.31. The van der Waals surface area contributed by atoms with E-state index in [1.54, 1.807) is 0 Å². The summed E-state index contributed by atoms with van der Waals surface area (Å²) in [5.74, 6) is 0.375. The van der Waals surface area contributed by atoms with Crippen LogP contribution in [0, 0.1) is 10.1 Å². The molecule has 1 saturated heterocycles. The average molecular weight is 283 g/mol. The summed E-state index contributed by atoms with van der Waals surface area (Å²) in [7, 11) is -0.905. The van der Waals surface area contributed by atoms with Crippen molar-refractivity contribution in [2.75, 3.05) is 30.3 Å². The smallest absolute Gasteiger partial charge is 0.304 e. The maximum Gasteiger partial charge on any atom is 0.304 e. The number of nitrogens with zero attached hydrogens (tertiary/aromatic N) is 2. The van der Waals surface area contributed by atoms with Crippen LogP contribution in [0.1, 0.15) is 10.4 Å². The van der Waals surface area contributed by atoms with Crippen molar-refractivity contribution < 1.29 is 13.9 Å². The van der Waals surface area contributed by atoms with Gasteiger partial charge in [0.15, 0.2) is 0 Å². The molecular weight excluding hydrogens is 270 g/mol. The summed E-state index contributed by atoms with van der Waals surface area (Å²) in [5, 5.41) is 11.0. The summed E-state index contributed by atoms with van der Waals surface area (Å²) in [4.78, 5) is 24.1. The monoisotopic (exact) mass is 283 g/mol. The van der Waals surface area contributed by atoms with E-state index in [1.165, 1.54) is 23.1 Å². The third-order valence-electron chi connectivity index (χ3n) is 2.95. The number of nitro groups is 1. The topological polar surface area (TPSA) is 107 Å². The highest BCUT2D eigenvalue weighted by Crippen LogP contribution is 2.27. The Bertz CT molecular complexity index is 551. The lowest BCUT2D eigenvalue weighted by Gasteiger charge is -2.26. The van der Waals surface area contributed by atoms with E-state index in [0.29, 0.717) is 24.6 Å². The first-order valence-electron chi connectivity index (χ1n) is 5.68. The zero-order valence-corrected chi connectivity index (χ0v) is 10.9. The average Bonchev–Trinajstić information content (AvgIpc) is 2.38. The van der Waals surface area contributed by atoms with Crippen LogP contribution in [0.5, 0.6) is 0 Å². The van der Waals surface area contributed by atoms with Crippen LogP contribution in [0.4, 0.5) is 11.4 Å². The number of para-hydroxylation sites is 1. The van der Waals surface area contributed by atoms with Crippen LogP contribution in [0.15, 0.2) is 18.2 Å². The predicted octanol–water partition coefficient (Wildman–Crippen LogP) is 0.382. The molecule has 1 fully saturated rings. The molecule has 8 heteroatoms. The fraction of sp³-hybridized carbons (Fsp3) is 0.364. The van der Waals surface area contributed by atoms with E-state index in [4.69, 9.17) is 5.73 Å². The van der Waals surface area contributed by atoms with E-state index in [1.807, 2.05) is 0 Å². The summed E-state index contributed by atoms with van der Waals surface area (Å²) in [5.41, 5.74) is 5.14. The van der Waals surface area contributed by atoms with Gasteiger partial charge in [0.1, 0.15) is 11.3 Å². The number of nitrogens with two attached hydrogens (primary N) is 1. The molecule has 0 spiro atoms. The van der Waals surface area contributed by atoms with Crippen LogP contribution in [0.2, 0.25) is 0 Å². The molecule has 0 bridgehead atoms. The highest BCUT2D eigenvalue weighted by atomic mass is 32.2. The standard InChI is InChI=1S/C11H13N3O4S/c12-9-3-1-2-8(10(9)14(16)17)11(15)13-4-6-19(18)7-5-13/h1-3H,4-7,12H2. The quantitative estimate of drug-likeness (QED) is 0.480.